The van der Waals surface area contributed by atoms with Crippen molar-refractivity contribution in [3.8, 4) is 0 Å². The number of aryl methyl sites for hydroxylation is 1. The average Bonchev–Trinajstić information content (AvgIpc) is 2.40. The number of halogens is 2. The van der Waals surface area contributed by atoms with Crippen LogP contribution in [0.1, 0.15) is 0 Å². The SMILES string of the molecule is Cn1c(=O)oc2c(S(=O)(=O)Cl)c(F)ccc21. The summed E-state index contributed by atoms with van der Waals surface area (Å²) in [5.74, 6) is -1.85. The van der Waals surface area contributed by atoms with Gasteiger partial charge in [-0.2, -0.15) is 0 Å². The molecule has 16 heavy (non-hydrogen) atoms. The van der Waals surface area contributed by atoms with Crippen LogP contribution in [0, 0.1) is 5.82 Å². The predicted molar refractivity (Wildman–Crippen MR) is 54.5 cm³/mol. The topological polar surface area (TPSA) is 69.3 Å². The molecule has 0 spiro atoms. The molecule has 0 bridgehead atoms. The van der Waals surface area contributed by atoms with Gasteiger partial charge >= 0.3 is 5.76 Å². The van der Waals surface area contributed by atoms with Crippen LogP contribution in [0.5, 0.6) is 0 Å². The zero-order valence-electron chi connectivity index (χ0n) is 7.90. The zero-order valence-corrected chi connectivity index (χ0v) is 9.47. The van der Waals surface area contributed by atoms with Gasteiger partial charge in [-0.25, -0.2) is 17.6 Å². The van der Waals surface area contributed by atoms with E-state index in [1.807, 2.05) is 0 Å². The number of hydrogen-bond acceptors (Lipinski definition) is 4. The van der Waals surface area contributed by atoms with Gasteiger partial charge in [0, 0.05) is 17.7 Å². The van der Waals surface area contributed by atoms with E-state index in [2.05, 4.69) is 4.42 Å². The lowest BCUT2D eigenvalue weighted by molar-refractivity contribution is 0.512. The second-order valence-corrected chi connectivity index (χ2v) is 5.59. The Morgan fingerprint density at radius 1 is 1.44 bits per heavy atom. The third-order valence-corrected chi connectivity index (χ3v) is 3.44. The molecular formula is C8H5ClFNO4S. The fourth-order valence-electron chi connectivity index (χ4n) is 1.37. The van der Waals surface area contributed by atoms with Gasteiger partial charge in [0.1, 0.15) is 5.82 Å². The number of nitrogens with zero attached hydrogens (tertiary/aromatic N) is 1. The third-order valence-electron chi connectivity index (χ3n) is 2.11. The minimum absolute atomic E-state index is 0.158. The Morgan fingerprint density at radius 3 is 2.62 bits per heavy atom. The molecule has 1 heterocycles. The van der Waals surface area contributed by atoms with E-state index in [1.54, 1.807) is 0 Å². The molecule has 1 aromatic carbocycles. The summed E-state index contributed by atoms with van der Waals surface area (Å²) < 4.78 is 41.3. The minimum atomic E-state index is -4.31. The zero-order chi connectivity index (χ0) is 12.1. The number of aromatic nitrogens is 1. The Hall–Kier alpha value is -1.34. The lowest BCUT2D eigenvalue weighted by atomic mass is 10.3. The maximum Gasteiger partial charge on any atom is 0.419 e. The van der Waals surface area contributed by atoms with Crippen LogP contribution < -0.4 is 5.76 Å². The maximum absolute atomic E-state index is 13.3. The fourth-order valence-corrected chi connectivity index (χ4v) is 2.47. The van der Waals surface area contributed by atoms with E-state index in [4.69, 9.17) is 10.7 Å². The first-order valence-corrected chi connectivity index (χ1v) is 6.36. The molecule has 0 atom stereocenters. The molecule has 2 aromatic rings. The highest BCUT2D eigenvalue weighted by Gasteiger charge is 2.24. The second kappa shape index (κ2) is 3.33. The molecule has 5 nitrogen and oxygen atoms in total. The van der Waals surface area contributed by atoms with Gasteiger partial charge in [0.25, 0.3) is 9.05 Å². The lowest BCUT2D eigenvalue weighted by Gasteiger charge is -1.99. The van der Waals surface area contributed by atoms with Crippen LogP contribution >= 0.6 is 10.7 Å². The first-order chi connectivity index (χ1) is 7.32. The van der Waals surface area contributed by atoms with Crippen molar-refractivity contribution in [1.82, 2.24) is 4.57 Å². The van der Waals surface area contributed by atoms with E-state index in [-0.39, 0.29) is 11.1 Å². The Labute approximate surface area is 93.5 Å². The lowest BCUT2D eigenvalue weighted by Crippen LogP contribution is -2.08. The quantitative estimate of drug-likeness (QED) is 0.727. The average molecular weight is 266 g/mol. The van der Waals surface area contributed by atoms with Gasteiger partial charge in [0.15, 0.2) is 10.5 Å². The van der Waals surface area contributed by atoms with Crippen molar-refractivity contribution in [2.75, 3.05) is 0 Å². The fraction of sp³-hybridized carbons (Fsp3) is 0.125. The van der Waals surface area contributed by atoms with Crippen molar-refractivity contribution < 1.29 is 17.2 Å². The first kappa shape index (κ1) is 11.2. The molecule has 0 aliphatic heterocycles. The van der Waals surface area contributed by atoms with Crippen molar-refractivity contribution in [3.63, 3.8) is 0 Å². The van der Waals surface area contributed by atoms with E-state index in [9.17, 15) is 17.6 Å². The number of rotatable bonds is 1. The Bertz CT molecular complexity index is 730. The van der Waals surface area contributed by atoms with Crippen LogP contribution in [-0.2, 0) is 16.1 Å². The highest BCUT2D eigenvalue weighted by atomic mass is 35.7. The van der Waals surface area contributed by atoms with Gasteiger partial charge in [0.2, 0.25) is 0 Å². The van der Waals surface area contributed by atoms with Gasteiger partial charge in [-0.1, -0.05) is 0 Å². The largest absolute Gasteiger partial charge is 0.419 e. The van der Waals surface area contributed by atoms with Crippen molar-refractivity contribution in [2.24, 2.45) is 7.05 Å². The number of oxazole rings is 1. The first-order valence-electron chi connectivity index (χ1n) is 4.05. The third kappa shape index (κ3) is 1.52. The van der Waals surface area contributed by atoms with E-state index in [0.717, 1.165) is 10.6 Å². The molecule has 0 saturated carbocycles. The van der Waals surface area contributed by atoms with Crippen LogP contribution in [-0.4, -0.2) is 13.0 Å². The number of benzene rings is 1. The summed E-state index contributed by atoms with van der Waals surface area (Å²) in [6, 6.07) is 2.15. The van der Waals surface area contributed by atoms with E-state index >= 15 is 0 Å². The number of hydrogen-bond donors (Lipinski definition) is 0. The summed E-state index contributed by atoms with van der Waals surface area (Å²) in [5.41, 5.74) is -0.215. The maximum atomic E-state index is 13.3. The standard InChI is InChI=1S/C8H5ClFNO4S/c1-11-5-3-2-4(10)7(16(9,13)14)6(5)15-8(11)12/h2-3H,1H3. The predicted octanol–water partition coefficient (Wildman–Crippen LogP) is 1.20. The van der Waals surface area contributed by atoms with Crippen LogP contribution in [0.4, 0.5) is 4.39 Å². The molecule has 0 fully saturated rings. The summed E-state index contributed by atoms with van der Waals surface area (Å²) in [4.78, 5) is 10.3. The summed E-state index contributed by atoms with van der Waals surface area (Å²) >= 11 is 0. The molecule has 0 N–H and O–H groups in total. The van der Waals surface area contributed by atoms with Gasteiger partial charge in [-0.3, -0.25) is 4.57 Å². The molecule has 0 radical (unpaired) electrons. The van der Waals surface area contributed by atoms with Gasteiger partial charge in [0.05, 0.1) is 5.52 Å². The summed E-state index contributed by atoms with van der Waals surface area (Å²) in [5, 5.41) is 0. The highest BCUT2D eigenvalue weighted by molar-refractivity contribution is 8.14. The Balaban J connectivity index is 3.09. The molecule has 0 unspecified atom stereocenters. The molecule has 8 heteroatoms. The molecule has 86 valence electrons. The molecule has 0 amide bonds. The summed E-state index contributed by atoms with van der Waals surface area (Å²) in [6.45, 7) is 0. The molecule has 1 aromatic heterocycles. The minimum Gasteiger partial charge on any atom is -0.406 e. The van der Waals surface area contributed by atoms with E-state index in [0.29, 0.717) is 0 Å². The monoisotopic (exact) mass is 265 g/mol. The summed E-state index contributed by atoms with van der Waals surface area (Å²) in [6.07, 6.45) is 0. The second-order valence-electron chi connectivity index (χ2n) is 3.09. The highest BCUT2D eigenvalue weighted by Crippen LogP contribution is 2.27. The van der Waals surface area contributed by atoms with Crippen molar-refractivity contribution in [2.45, 2.75) is 4.90 Å². The van der Waals surface area contributed by atoms with Crippen LogP contribution in [0.3, 0.4) is 0 Å². The van der Waals surface area contributed by atoms with Gasteiger partial charge in [-0.05, 0) is 12.1 Å². The van der Waals surface area contributed by atoms with Gasteiger partial charge in [-0.15, -0.1) is 0 Å². The Kier molecular flexibility index (Phi) is 2.32. The summed E-state index contributed by atoms with van der Waals surface area (Å²) in [7, 11) is 2.12. The smallest absolute Gasteiger partial charge is 0.406 e. The van der Waals surface area contributed by atoms with Crippen molar-refractivity contribution >= 4 is 30.8 Å². The van der Waals surface area contributed by atoms with Gasteiger partial charge < -0.3 is 4.42 Å². The number of fused-ring (bicyclic) bond motifs is 1. The Morgan fingerprint density at radius 2 is 2.06 bits per heavy atom. The molecular weight excluding hydrogens is 261 g/mol. The van der Waals surface area contributed by atoms with E-state index in [1.165, 1.54) is 13.1 Å². The van der Waals surface area contributed by atoms with Crippen molar-refractivity contribution in [1.29, 1.82) is 0 Å². The van der Waals surface area contributed by atoms with Crippen LogP contribution in [0.2, 0.25) is 0 Å². The van der Waals surface area contributed by atoms with Crippen LogP contribution in [0.25, 0.3) is 11.1 Å². The molecule has 0 aliphatic carbocycles. The molecule has 0 saturated heterocycles. The van der Waals surface area contributed by atoms with Crippen molar-refractivity contribution in [3.05, 3.63) is 28.5 Å². The normalized spacial score (nSPS) is 12.2. The van der Waals surface area contributed by atoms with Crippen LogP contribution in [0.15, 0.2) is 26.2 Å². The molecule has 2 rings (SSSR count). The van der Waals surface area contributed by atoms with E-state index < -0.39 is 25.5 Å². The molecule has 0 aliphatic rings.